The molecule has 1 rings (SSSR count). The normalized spacial score (nSPS) is 41.2. The van der Waals surface area contributed by atoms with Crippen LogP contribution in [0.3, 0.4) is 0 Å². The van der Waals surface area contributed by atoms with Crippen molar-refractivity contribution in [1.29, 1.82) is 0 Å². The minimum Gasteiger partial charge on any atom is -0.394 e. The number of aliphatic hydroxyl groups excluding tert-OH is 3. The van der Waals surface area contributed by atoms with Crippen molar-refractivity contribution in [2.45, 2.75) is 24.1 Å². The Hall–Kier alpha value is -0.240. The molecule has 72 valence electrons. The number of ether oxygens (including phenoxy) is 1. The topological polar surface area (TPSA) is 110 Å². The summed E-state index contributed by atoms with van der Waals surface area (Å²) in [4.78, 5) is 0. The van der Waals surface area contributed by atoms with Crippen molar-refractivity contribution in [1.82, 2.24) is 0 Å². The summed E-state index contributed by atoms with van der Waals surface area (Å²) >= 11 is 0. The summed E-state index contributed by atoms with van der Waals surface area (Å²) in [6.07, 6.45) is -4.17. The number of rotatable bonds is 1. The highest BCUT2D eigenvalue weighted by Gasteiger charge is 2.46. The first-order valence-corrected chi connectivity index (χ1v) is 3.52. The van der Waals surface area contributed by atoms with E-state index in [1.165, 1.54) is 0 Å². The summed E-state index contributed by atoms with van der Waals surface area (Å²) in [6.45, 7) is -1.01. The van der Waals surface area contributed by atoms with Crippen LogP contribution in [0.15, 0.2) is 0 Å². The lowest BCUT2D eigenvalue weighted by Crippen LogP contribution is -2.61. The van der Waals surface area contributed by atoms with E-state index in [0.29, 0.717) is 0 Å². The first-order valence-electron chi connectivity index (χ1n) is 3.52. The molecule has 0 unspecified atom stereocenters. The van der Waals surface area contributed by atoms with Crippen LogP contribution in [0.4, 0.5) is 0 Å². The average Bonchev–Trinajstić information content (AvgIpc) is 2.01. The van der Waals surface area contributed by atoms with Crippen molar-refractivity contribution in [3.63, 3.8) is 0 Å². The number of aliphatic hydroxyl groups is 5. The van der Waals surface area contributed by atoms with E-state index in [1.807, 2.05) is 0 Å². The molecule has 6 heteroatoms. The lowest BCUT2D eigenvalue weighted by Gasteiger charge is -2.39. The van der Waals surface area contributed by atoms with Gasteiger partial charge >= 0.3 is 0 Å². The van der Waals surface area contributed by atoms with E-state index >= 15 is 0 Å². The summed E-state index contributed by atoms with van der Waals surface area (Å²) in [5.41, 5.74) is 0. The van der Waals surface area contributed by atoms with Crippen LogP contribution in [0.1, 0.15) is 0 Å². The van der Waals surface area contributed by atoms with E-state index in [2.05, 4.69) is 4.74 Å². The van der Waals surface area contributed by atoms with Crippen LogP contribution >= 0.6 is 0 Å². The van der Waals surface area contributed by atoms with Crippen molar-refractivity contribution in [2.75, 3.05) is 13.2 Å². The maximum atomic E-state index is 9.12. The van der Waals surface area contributed by atoms with Gasteiger partial charge in [-0.15, -0.1) is 0 Å². The smallest absolute Gasteiger partial charge is 0.216 e. The van der Waals surface area contributed by atoms with Gasteiger partial charge in [0.25, 0.3) is 0 Å². The Balaban J connectivity index is 2.65. The second-order valence-corrected chi connectivity index (χ2v) is 2.85. The quantitative estimate of drug-likeness (QED) is 0.271. The van der Waals surface area contributed by atoms with Gasteiger partial charge in [0.1, 0.15) is 24.9 Å². The molecule has 0 aromatic rings. The van der Waals surface area contributed by atoms with Crippen molar-refractivity contribution in [3.8, 4) is 0 Å². The van der Waals surface area contributed by atoms with Gasteiger partial charge in [0, 0.05) is 0 Å². The van der Waals surface area contributed by atoms with Crippen LogP contribution in [0.2, 0.25) is 0 Å². The fourth-order valence-corrected chi connectivity index (χ4v) is 1.05. The Kier molecular flexibility index (Phi) is 2.67. The van der Waals surface area contributed by atoms with E-state index in [9.17, 15) is 0 Å². The molecule has 1 aliphatic heterocycles. The fraction of sp³-hybridized carbons (Fsp3) is 1.00. The third-order valence-corrected chi connectivity index (χ3v) is 1.87. The van der Waals surface area contributed by atoms with Crippen LogP contribution < -0.4 is 0 Å². The molecule has 5 N–H and O–H groups in total. The predicted molar refractivity (Wildman–Crippen MR) is 36.0 cm³/mol. The minimum atomic E-state index is -2.44. The van der Waals surface area contributed by atoms with Crippen molar-refractivity contribution >= 4 is 0 Å². The fourth-order valence-electron chi connectivity index (χ4n) is 1.05. The predicted octanol–water partition coefficient (Wildman–Crippen LogP) is -3.22. The third kappa shape index (κ3) is 1.58. The van der Waals surface area contributed by atoms with E-state index in [-0.39, 0.29) is 0 Å². The van der Waals surface area contributed by atoms with Crippen molar-refractivity contribution in [3.05, 3.63) is 0 Å². The van der Waals surface area contributed by atoms with Crippen LogP contribution in [-0.2, 0) is 4.74 Å². The zero-order chi connectivity index (χ0) is 9.35. The van der Waals surface area contributed by atoms with Gasteiger partial charge in [-0.1, -0.05) is 0 Å². The lowest BCUT2D eigenvalue weighted by molar-refractivity contribution is -0.319. The van der Waals surface area contributed by atoms with Crippen LogP contribution in [0.25, 0.3) is 0 Å². The molecular formula is C6H12O6. The van der Waals surface area contributed by atoms with Gasteiger partial charge in [0.15, 0.2) is 0 Å². The van der Waals surface area contributed by atoms with Crippen molar-refractivity contribution < 1.29 is 30.3 Å². The maximum Gasteiger partial charge on any atom is 0.216 e. The van der Waals surface area contributed by atoms with Gasteiger partial charge in [-0.3, -0.25) is 0 Å². The first kappa shape index (κ1) is 9.85. The lowest BCUT2D eigenvalue weighted by atomic mass is 9.98. The van der Waals surface area contributed by atoms with Crippen LogP contribution in [0, 0.1) is 0 Å². The molecule has 6 nitrogen and oxygen atoms in total. The largest absolute Gasteiger partial charge is 0.394 e. The highest BCUT2D eigenvalue weighted by molar-refractivity contribution is 4.90. The van der Waals surface area contributed by atoms with Gasteiger partial charge in [0.05, 0.1) is 6.61 Å². The molecule has 3 atom stereocenters. The molecule has 1 aliphatic rings. The molecular weight excluding hydrogens is 168 g/mol. The highest BCUT2D eigenvalue weighted by atomic mass is 16.6. The maximum absolute atomic E-state index is 9.12. The van der Waals surface area contributed by atoms with E-state index < -0.39 is 37.3 Å². The Labute approximate surface area is 68.6 Å². The SMILES string of the molecule is OC[C@H]1OCC(O)(O)[C@@H](O)[C@H]1O. The Bertz CT molecular complexity index is 158. The van der Waals surface area contributed by atoms with E-state index in [4.69, 9.17) is 25.5 Å². The summed E-state index contributed by atoms with van der Waals surface area (Å²) in [6, 6.07) is 0. The minimum absolute atomic E-state index is 0.478. The number of hydrogen-bond donors (Lipinski definition) is 5. The van der Waals surface area contributed by atoms with E-state index in [0.717, 1.165) is 0 Å². The first-order chi connectivity index (χ1) is 5.49. The third-order valence-electron chi connectivity index (χ3n) is 1.87. The summed E-state index contributed by atoms with van der Waals surface area (Å²) < 4.78 is 4.67. The van der Waals surface area contributed by atoms with Crippen LogP contribution in [-0.4, -0.2) is 62.8 Å². The average molecular weight is 180 g/mol. The summed E-state index contributed by atoms with van der Waals surface area (Å²) in [5.74, 6) is -2.44. The van der Waals surface area contributed by atoms with Gasteiger partial charge in [0.2, 0.25) is 5.79 Å². The summed E-state index contributed by atoms with van der Waals surface area (Å²) in [5, 5.41) is 44.7. The molecule has 0 aromatic heterocycles. The zero-order valence-electron chi connectivity index (χ0n) is 6.29. The molecule has 0 bridgehead atoms. The van der Waals surface area contributed by atoms with E-state index in [1.54, 1.807) is 0 Å². The number of hydrogen-bond acceptors (Lipinski definition) is 6. The molecule has 0 saturated carbocycles. The molecule has 0 spiro atoms. The second kappa shape index (κ2) is 3.25. The second-order valence-electron chi connectivity index (χ2n) is 2.85. The molecule has 0 amide bonds. The standard InChI is InChI=1S/C6H12O6/c7-1-3-4(8)5(9)6(10,11)2-12-3/h3-5,7-11H,1-2H2/t3-,4+,5+/m1/s1. The Morgan fingerprint density at radius 1 is 1.33 bits per heavy atom. The van der Waals surface area contributed by atoms with Gasteiger partial charge in [-0.05, 0) is 0 Å². The molecule has 1 saturated heterocycles. The molecule has 0 aliphatic carbocycles. The molecule has 1 fully saturated rings. The molecule has 12 heavy (non-hydrogen) atoms. The van der Waals surface area contributed by atoms with Gasteiger partial charge in [-0.2, -0.15) is 0 Å². The Morgan fingerprint density at radius 3 is 2.42 bits per heavy atom. The van der Waals surface area contributed by atoms with Gasteiger partial charge in [-0.25, -0.2) is 0 Å². The highest BCUT2D eigenvalue weighted by Crippen LogP contribution is 2.21. The zero-order valence-corrected chi connectivity index (χ0v) is 6.29. The van der Waals surface area contributed by atoms with Crippen molar-refractivity contribution in [2.24, 2.45) is 0 Å². The van der Waals surface area contributed by atoms with Gasteiger partial charge < -0.3 is 30.3 Å². The molecule has 0 radical (unpaired) electrons. The molecule has 0 aromatic carbocycles. The Morgan fingerprint density at radius 2 is 1.92 bits per heavy atom. The van der Waals surface area contributed by atoms with Crippen LogP contribution in [0.5, 0.6) is 0 Å². The molecule has 1 heterocycles. The monoisotopic (exact) mass is 180 g/mol. The summed E-state index contributed by atoms with van der Waals surface area (Å²) in [7, 11) is 0.